The maximum Gasteiger partial charge on any atom is 0.0860 e. The molecule has 0 aliphatic heterocycles. The Morgan fingerprint density at radius 1 is 1.47 bits per heavy atom. The average molecular weight is 277 g/mol. The van der Waals surface area contributed by atoms with Gasteiger partial charge >= 0.3 is 0 Å². The summed E-state index contributed by atoms with van der Waals surface area (Å²) in [5.74, 6) is 0.135. The van der Waals surface area contributed by atoms with E-state index in [4.69, 9.17) is 12.2 Å². The fraction of sp³-hybridized carbons (Fsp3) is 0.467. The van der Waals surface area contributed by atoms with Crippen LogP contribution in [0.4, 0.5) is 0 Å². The van der Waals surface area contributed by atoms with Gasteiger partial charge in [-0.15, -0.1) is 6.58 Å². The first-order chi connectivity index (χ1) is 9.22. The van der Waals surface area contributed by atoms with Gasteiger partial charge in [-0.2, -0.15) is 0 Å². The topological polar surface area (TPSA) is 28.2 Å². The first-order valence-electron chi connectivity index (χ1n) is 6.74. The molecule has 0 spiro atoms. The van der Waals surface area contributed by atoms with Crippen molar-refractivity contribution in [1.29, 1.82) is 0 Å². The highest BCUT2D eigenvalue weighted by molar-refractivity contribution is 7.80. The van der Waals surface area contributed by atoms with E-state index in [1.165, 1.54) is 0 Å². The Hall–Kier alpha value is -1.26. The lowest BCUT2D eigenvalue weighted by Crippen LogP contribution is -2.37. The summed E-state index contributed by atoms with van der Waals surface area (Å²) in [6.45, 7) is 11.7. The number of thiocarbonyl (C=S) groups is 1. The number of hydrogen-bond acceptors (Lipinski definition) is 3. The molecule has 0 amide bonds. The molecule has 4 heteroatoms. The van der Waals surface area contributed by atoms with E-state index in [0.29, 0.717) is 6.54 Å². The Kier molecular flexibility index (Phi) is 7.30. The van der Waals surface area contributed by atoms with Crippen molar-refractivity contribution in [1.82, 2.24) is 15.2 Å². The van der Waals surface area contributed by atoms with Crippen LogP contribution in [0.25, 0.3) is 0 Å². The van der Waals surface area contributed by atoms with Crippen molar-refractivity contribution < 1.29 is 0 Å². The maximum absolute atomic E-state index is 5.51. The molecule has 0 saturated carbocycles. The van der Waals surface area contributed by atoms with Crippen molar-refractivity contribution in [3.05, 3.63) is 42.7 Å². The molecule has 0 aliphatic carbocycles. The summed E-state index contributed by atoms with van der Waals surface area (Å²) in [5, 5.41) is 3.23. The highest BCUT2D eigenvalue weighted by atomic mass is 32.1. The zero-order valence-electron chi connectivity index (χ0n) is 11.8. The van der Waals surface area contributed by atoms with E-state index in [-0.39, 0.29) is 5.92 Å². The van der Waals surface area contributed by atoms with Gasteiger partial charge in [0.15, 0.2) is 0 Å². The molecule has 1 unspecified atom stereocenters. The van der Waals surface area contributed by atoms with Gasteiger partial charge in [0.2, 0.25) is 0 Å². The summed E-state index contributed by atoms with van der Waals surface area (Å²) < 4.78 is 0. The summed E-state index contributed by atoms with van der Waals surface area (Å²) in [4.78, 5) is 7.65. The molecule has 0 saturated heterocycles. The first kappa shape index (κ1) is 15.8. The van der Waals surface area contributed by atoms with Crippen LogP contribution >= 0.6 is 12.2 Å². The van der Waals surface area contributed by atoms with Crippen LogP contribution in [0.2, 0.25) is 0 Å². The third kappa shape index (κ3) is 5.09. The molecular formula is C15H23N3S. The second kappa shape index (κ2) is 8.77. The number of hydrogen-bond donors (Lipinski definition) is 1. The second-order valence-corrected chi connectivity index (χ2v) is 4.77. The van der Waals surface area contributed by atoms with Gasteiger partial charge < -0.3 is 10.2 Å². The summed E-state index contributed by atoms with van der Waals surface area (Å²) >= 11 is 5.51. The maximum atomic E-state index is 5.51. The average Bonchev–Trinajstić information content (AvgIpc) is 2.47. The Morgan fingerprint density at radius 2 is 2.21 bits per heavy atom. The summed E-state index contributed by atoms with van der Waals surface area (Å²) in [7, 11) is 0. The van der Waals surface area contributed by atoms with Gasteiger partial charge in [-0.05, 0) is 25.2 Å². The van der Waals surface area contributed by atoms with E-state index < -0.39 is 0 Å². The zero-order chi connectivity index (χ0) is 14.1. The second-order valence-electron chi connectivity index (χ2n) is 4.33. The Bertz CT molecular complexity index is 388. The molecular weight excluding hydrogens is 254 g/mol. The minimum Gasteiger partial charge on any atom is -0.376 e. The van der Waals surface area contributed by atoms with E-state index >= 15 is 0 Å². The standard InChI is InChI=1S/C15H23N3S/c1-4-10-17-15(19)13(12-18(5-2)6-3)14-9-7-8-11-16-14/h4,7-9,11,13H,1,5-6,10,12H2,2-3H3,(H,17,19). The van der Waals surface area contributed by atoms with E-state index in [9.17, 15) is 0 Å². The normalized spacial score (nSPS) is 12.2. The molecule has 0 aliphatic rings. The van der Waals surface area contributed by atoms with Crippen LogP contribution in [0.15, 0.2) is 37.1 Å². The number of rotatable bonds is 8. The lowest BCUT2D eigenvalue weighted by molar-refractivity contribution is 0.299. The minimum atomic E-state index is 0.135. The van der Waals surface area contributed by atoms with Gasteiger partial charge in [0, 0.05) is 19.3 Å². The molecule has 1 aromatic heterocycles. The summed E-state index contributed by atoms with van der Waals surface area (Å²) in [6.07, 6.45) is 3.64. The van der Waals surface area contributed by atoms with Crippen molar-refractivity contribution in [3.63, 3.8) is 0 Å². The van der Waals surface area contributed by atoms with Crippen molar-refractivity contribution in [3.8, 4) is 0 Å². The van der Waals surface area contributed by atoms with Crippen LogP contribution in [-0.2, 0) is 0 Å². The SMILES string of the molecule is C=CCNC(=S)C(CN(CC)CC)c1ccccn1. The molecule has 0 bridgehead atoms. The molecule has 19 heavy (non-hydrogen) atoms. The summed E-state index contributed by atoms with van der Waals surface area (Å²) in [6, 6.07) is 5.97. The quantitative estimate of drug-likeness (QED) is 0.584. The number of likely N-dealkylation sites (N-methyl/N-ethyl adjacent to an activating group) is 1. The lowest BCUT2D eigenvalue weighted by atomic mass is 10.0. The third-order valence-electron chi connectivity index (χ3n) is 3.12. The van der Waals surface area contributed by atoms with Crippen LogP contribution in [0.1, 0.15) is 25.5 Å². The van der Waals surface area contributed by atoms with Crippen LogP contribution < -0.4 is 5.32 Å². The van der Waals surface area contributed by atoms with E-state index in [0.717, 1.165) is 30.3 Å². The molecule has 0 radical (unpaired) electrons. The van der Waals surface area contributed by atoms with Crippen LogP contribution in [-0.4, -0.2) is 41.1 Å². The largest absolute Gasteiger partial charge is 0.376 e. The van der Waals surface area contributed by atoms with Gasteiger partial charge in [0.05, 0.1) is 16.6 Å². The zero-order valence-corrected chi connectivity index (χ0v) is 12.6. The fourth-order valence-corrected chi connectivity index (χ4v) is 2.21. The van der Waals surface area contributed by atoms with Crippen LogP contribution in [0.5, 0.6) is 0 Å². The molecule has 1 aromatic rings. The molecule has 3 nitrogen and oxygen atoms in total. The fourth-order valence-electron chi connectivity index (χ4n) is 1.93. The minimum absolute atomic E-state index is 0.135. The number of aromatic nitrogens is 1. The van der Waals surface area contributed by atoms with Gasteiger partial charge in [0.25, 0.3) is 0 Å². The molecule has 1 rings (SSSR count). The Balaban J connectivity index is 2.84. The van der Waals surface area contributed by atoms with Crippen LogP contribution in [0, 0.1) is 0 Å². The van der Waals surface area contributed by atoms with E-state index in [1.807, 2.05) is 30.5 Å². The van der Waals surface area contributed by atoms with Crippen LogP contribution in [0.3, 0.4) is 0 Å². The first-order valence-corrected chi connectivity index (χ1v) is 7.15. The Morgan fingerprint density at radius 3 is 2.74 bits per heavy atom. The van der Waals surface area contributed by atoms with Crippen molar-refractivity contribution in [2.75, 3.05) is 26.2 Å². The lowest BCUT2D eigenvalue weighted by Gasteiger charge is -2.26. The predicted molar refractivity (Wildman–Crippen MR) is 85.6 cm³/mol. The van der Waals surface area contributed by atoms with Gasteiger partial charge in [-0.3, -0.25) is 4.98 Å². The number of pyridine rings is 1. The number of nitrogens with zero attached hydrogens (tertiary/aromatic N) is 2. The monoisotopic (exact) mass is 277 g/mol. The highest BCUT2D eigenvalue weighted by Crippen LogP contribution is 2.16. The molecule has 1 heterocycles. The van der Waals surface area contributed by atoms with Crippen molar-refractivity contribution in [2.24, 2.45) is 0 Å². The predicted octanol–water partition coefficient (Wildman–Crippen LogP) is 2.61. The smallest absolute Gasteiger partial charge is 0.0860 e. The summed E-state index contributed by atoms with van der Waals surface area (Å²) in [5.41, 5.74) is 1.02. The van der Waals surface area contributed by atoms with Gasteiger partial charge in [-0.1, -0.05) is 38.2 Å². The van der Waals surface area contributed by atoms with E-state index in [2.05, 4.69) is 35.6 Å². The molecule has 0 aromatic carbocycles. The van der Waals surface area contributed by atoms with Crippen molar-refractivity contribution in [2.45, 2.75) is 19.8 Å². The van der Waals surface area contributed by atoms with Gasteiger partial charge in [-0.25, -0.2) is 0 Å². The Labute approximate surface area is 121 Å². The van der Waals surface area contributed by atoms with Crippen molar-refractivity contribution >= 4 is 17.2 Å². The molecule has 1 atom stereocenters. The molecule has 104 valence electrons. The third-order valence-corrected chi connectivity index (χ3v) is 3.55. The van der Waals surface area contributed by atoms with E-state index in [1.54, 1.807) is 0 Å². The molecule has 0 fully saturated rings. The molecule has 1 N–H and O–H groups in total. The van der Waals surface area contributed by atoms with Gasteiger partial charge in [0.1, 0.15) is 0 Å². The number of nitrogens with one attached hydrogen (secondary N) is 1. The highest BCUT2D eigenvalue weighted by Gasteiger charge is 2.20.